The first kappa shape index (κ1) is 33.1. The van der Waals surface area contributed by atoms with Gasteiger partial charge in [0.15, 0.2) is 0 Å². The fourth-order valence-corrected chi connectivity index (χ4v) is 5.95. The summed E-state index contributed by atoms with van der Waals surface area (Å²) < 4.78 is 0. The lowest BCUT2D eigenvalue weighted by atomic mass is 9.81. The third-order valence-electron chi connectivity index (χ3n) is 8.62. The zero-order chi connectivity index (χ0) is 29.9. The molecule has 0 unspecified atom stereocenters. The standard InChI is InChI=1S/C33H53N3O5/c1-24(2)19-29(37)33(41)28(20-25-11-7-5-8-12-25)36(22-27-15-16-27)31(39)18-17-30(38)35(23-32(40)34(3)4)21-26-13-9-6-10-14-26/h6,9-10,13-14,24-25,27-29,33,37,41H,5,7-8,11-12,15-23H2,1-4H3/t28-,29-,33+/m0/s1. The highest BCUT2D eigenvalue weighted by molar-refractivity contribution is 5.87. The van der Waals surface area contributed by atoms with Crippen LogP contribution in [0.15, 0.2) is 30.3 Å². The number of likely N-dealkylation sites (N-methyl/N-ethyl adjacent to an activating group) is 1. The summed E-state index contributed by atoms with van der Waals surface area (Å²) in [6, 6.07) is 9.08. The van der Waals surface area contributed by atoms with E-state index in [2.05, 4.69) is 0 Å². The van der Waals surface area contributed by atoms with Gasteiger partial charge in [0.2, 0.25) is 17.7 Å². The van der Waals surface area contributed by atoms with E-state index in [-0.39, 0.29) is 43.0 Å². The summed E-state index contributed by atoms with van der Waals surface area (Å²) in [6.45, 7) is 4.84. The molecule has 1 aromatic rings. The number of hydrogen-bond donors (Lipinski definition) is 2. The molecule has 0 heterocycles. The maximum absolute atomic E-state index is 13.8. The van der Waals surface area contributed by atoms with E-state index in [1.54, 1.807) is 19.0 Å². The van der Waals surface area contributed by atoms with Gasteiger partial charge in [-0.1, -0.05) is 76.3 Å². The molecule has 0 radical (unpaired) electrons. The van der Waals surface area contributed by atoms with E-state index in [0.717, 1.165) is 44.1 Å². The molecule has 3 amide bonds. The van der Waals surface area contributed by atoms with Crippen molar-refractivity contribution in [2.75, 3.05) is 27.2 Å². The van der Waals surface area contributed by atoms with Crippen LogP contribution in [0.4, 0.5) is 0 Å². The van der Waals surface area contributed by atoms with E-state index in [0.29, 0.717) is 37.8 Å². The number of carbonyl (C=O) groups excluding carboxylic acids is 3. The number of amides is 3. The zero-order valence-corrected chi connectivity index (χ0v) is 25.7. The molecule has 3 atom stereocenters. The van der Waals surface area contributed by atoms with Crippen LogP contribution in [-0.4, -0.2) is 88.1 Å². The van der Waals surface area contributed by atoms with Gasteiger partial charge < -0.3 is 24.9 Å². The Kier molecular flexibility index (Phi) is 13.1. The largest absolute Gasteiger partial charge is 0.390 e. The minimum absolute atomic E-state index is 0.00562. The Morgan fingerprint density at radius 3 is 2.07 bits per heavy atom. The lowest BCUT2D eigenvalue weighted by Gasteiger charge is -2.40. The van der Waals surface area contributed by atoms with Gasteiger partial charge in [-0.3, -0.25) is 14.4 Å². The Morgan fingerprint density at radius 2 is 1.49 bits per heavy atom. The van der Waals surface area contributed by atoms with Crippen LogP contribution >= 0.6 is 0 Å². The summed E-state index contributed by atoms with van der Waals surface area (Å²) in [6.07, 6.45) is 7.07. The van der Waals surface area contributed by atoms with Crippen molar-refractivity contribution in [3.63, 3.8) is 0 Å². The first-order valence-electron chi connectivity index (χ1n) is 15.7. The van der Waals surface area contributed by atoms with E-state index in [1.165, 1.54) is 16.2 Å². The third-order valence-corrected chi connectivity index (χ3v) is 8.62. The first-order chi connectivity index (χ1) is 19.5. The van der Waals surface area contributed by atoms with Gasteiger partial charge in [0.1, 0.15) is 12.6 Å². The van der Waals surface area contributed by atoms with Gasteiger partial charge in [-0.15, -0.1) is 0 Å². The fourth-order valence-electron chi connectivity index (χ4n) is 5.95. The molecule has 2 aliphatic carbocycles. The predicted octanol–water partition coefficient (Wildman–Crippen LogP) is 4.23. The summed E-state index contributed by atoms with van der Waals surface area (Å²) in [4.78, 5) is 44.6. The molecular weight excluding hydrogens is 518 g/mol. The normalized spacial score (nSPS) is 18.0. The molecule has 2 aliphatic rings. The summed E-state index contributed by atoms with van der Waals surface area (Å²) in [5.41, 5.74) is 0.920. The maximum Gasteiger partial charge on any atom is 0.241 e. The van der Waals surface area contributed by atoms with Crippen LogP contribution in [-0.2, 0) is 20.9 Å². The average molecular weight is 572 g/mol. The highest BCUT2D eigenvalue weighted by Crippen LogP contribution is 2.35. The van der Waals surface area contributed by atoms with Gasteiger partial charge in [-0.05, 0) is 49.0 Å². The molecule has 8 heteroatoms. The first-order valence-corrected chi connectivity index (χ1v) is 15.7. The second kappa shape index (κ2) is 16.3. The molecule has 0 saturated heterocycles. The quantitative estimate of drug-likeness (QED) is 0.309. The van der Waals surface area contributed by atoms with E-state index in [4.69, 9.17) is 0 Å². The van der Waals surface area contributed by atoms with Crippen molar-refractivity contribution in [1.29, 1.82) is 0 Å². The maximum atomic E-state index is 13.8. The number of nitrogens with zero attached hydrogens (tertiary/aromatic N) is 3. The summed E-state index contributed by atoms with van der Waals surface area (Å²) in [7, 11) is 3.33. The van der Waals surface area contributed by atoms with Crippen molar-refractivity contribution in [3.05, 3.63) is 35.9 Å². The topological polar surface area (TPSA) is 101 Å². The van der Waals surface area contributed by atoms with Gasteiger partial charge in [0.05, 0.1) is 12.1 Å². The van der Waals surface area contributed by atoms with Crippen LogP contribution in [0.1, 0.15) is 90.0 Å². The minimum Gasteiger partial charge on any atom is -0.390 e. The van der Waals surface area contributed by atoms with Gasteiger partial charge >= 0.3 is 0 Å². The number of rotatable bonds is 16. The Morgan fingerprint density at radius 1 is 0.854 bits per heavy atom. The monoisotopic (exact) mass is 571 g/mol. The molecule has 2 fully saturated rings. The smallest absolute Gasteiger partial charge is 0.241 e. The lowest BCUT2D eigenvalue weighted by Crippen LogP contribution is -2.53. The second-order valence-electron chi connectivity index (χ2n) is 13.0. The van der Waals surface area contributed by atoms with Crippen molar-refractivity contribution < 1.29 is 24.6 Å². The van der Waals surface area contributed by atoms with E-state index < -0.39 is 18.2 Å². The van der Waals surface area contributed by atoms with Crippen molar-refractivity contribution >= 4 is 17.7 Å². The highest BCUT2D eigenvalue weighted by atomic mass is 16.3. The minimum atomic E-state index is -1.02. The summed E-state index contributed by atoms with van der Waals surface area (Å²) in [5, 5.41) is 22.4. The Balaban J connectivity index is 1.75. The summed E-state index contributed by atoms with van der Waals surface area (Å²) >= 11 is 0. The van der Waals surface area contributed by atoms with Crippen LogP contribution < -0.4 is 0 Å². The predicted molar refractivity (Wildman–Crippen MR) is 161 cm³/mol. The zero-order valence-electron chi connectivity index (χ0n) is 25.7. The number of aliphatic hydroxyl groups excluding tert-OH is 2. The molecule has 41 heavy (non-hydrogen) atoms. The third kappa shape index (κ3) is 11.0. The van der Waals surface area contributed by atoms with E-state index in [9.17, 15) is 24.6 Å². The Labute approximate surface area is 247 Å². The molecule has 8 nitrogen and oxygen atoms in total. The highest BCUT2D eigenvalue weighted by Gasteiger charge is 2.38. The number of carbonyl (C=O) groups is 3. The molecule has 0 bridgehead atoms. The van der Waals surface area contributed by atoms with Crippen molar-refractivity contribution in [2.45, 2.75) is 109 Å². The van der Waals surface area contributed by atoms with Crippen molar-refractivity contribution in [3.8, 4) is 0 Å². The van der Waals surface area contributed by atoms with Crippen LogP contribution in [0.2, 0.25) is 0 Å². The molecule has 2 N–H and O–H groups in total. The number of benzene rings is 1. The molecule has 230 valence electrons. The average Bonchev–Trinajstić information content (AvgIpc) is 3.77. The van der Waals surface area contributed by atoms with Crippen molar-refractivity contribution in [2.24, 2.45) is 17.8 Å². The molecule has 0 aromatic heterocycles. The van der Waals surface area contributed by atoms with Crippen LogP contribution in [0, 0.1) is 17.8 Å². The SMILES string of the molecule is CC(C)C[C@H](O)[C@H](O)[C@H](CC1CCCCC1)N(CC1CC1)C(=O)CCC(=O)N(CC(=O)N(C)C)Cc1ccccc1. The van der Waals surface area contributed by atoms with Gasteiger partial charge in [-0.2, -0.15) is 0 Å². The Hall–Kier alpha value is -2.45. The number of aliphatic hydroxyl groups is 2. The molecule has 2 saturated carbocycles. The Bertz CT molecular complexity index is 959. The van der Waals surface area contributed by atoms with Gasteiger partial charge in [0.25, 0.3) is 0 Å². The molecule has 1 aromatic carbocycles. The second-order valence-corrected chi connectivity index (χ2v) is 13.0. The lowest BCUT2D eigenvalue weighted by molar-refractivity contribution is -0.144. The van der Waals surface area contributed by atoms with Gasteiger partial charge in [-0.25, -0.2) is 0 Å². The molecule has 0 aliphatic heterocycles. The van der Waals surface area contributed by atoms with E-state index in [1.807, 2.05) is 44.2 Å². The molecule has 3 rings (SSSR count). The van der Waals surface area contributed by atoms with Crippen LogP contribution in [0.5, 0.6) is 0 Å². The molecule has 0 spiro atoms. The van der Waals surface area contributed by atoms with Crippen LogP contribution in [0.3, 0.4) is 0 Å². The fraction of sp³-hybridized carbons (Fsp3) is 0.727. The van der Waals surface area contributed by atoms with E-state index >= 15 is 0 Å². The number of hydrogen-bond acceptors (Lipinski definition) is 5. The van der Waals surface area contributed by atoms with Crippen molar-refractivity contribution in [1.82, 2.24) is 14.7 Å². The molecular formula is C33H53N3O5. The summed E-state index contributed by atoms with van der Waals surface area (Å²) in [5.74, 6) is 0.481. The van der Waals surface area contributed by atoms with Crippen LogP contribution in [0.25, 0.3) is 0 Å². The van der Waals surface area contributed by atoms with Gasteiger partial charge in [0, 0.05) is 40.0 Å².